The van der Waals surface area contributed by atoms with Gasteiger partial charge in [-0.3, -0.25) is 9.59 Å². The van der Waals surface area contributed by atoms with Crippen LogP contribution < -0.4 is 10.1 Å². The predicted molar refractivity (Wildman–Crippen MR) is 109 cm³/mol. The van der Waals surface area contributed by atoms with Gasteiger partial charge in [0.05, 0.1) is 19.1 Å². The number of hydrogen-bond donors (Lipinski definition) is 1. The number of benzene rings is 2. The fraction of sp³-hybridized carbons (Fsp3) is 0.391. The van der Waals surface area contributed by atoms with Crippen molar-refractivity contribution >= 4 is 11.8 Å². The first-order valence-corrected chi connectivity index (χ1v) is 9.99. The van der Waals surface area contributed by atoms with Crippen molar-refractivity contribution in [1.29, 1.82) is 0 Å². The summed E-state index contributed by atoms with van der Waals surface area (Å²) in [6.45, 7) is 2.13. The third kappa shape index (κ3) is 3.98. The van der Waals surface area contributed by atoms with Crippen LogP contribution in [0.5, 0.6) is 5.75 Å². The van der Waals surface area contributed by atoms with Gasteiger partial charge < -0.3 is 19.7 Å². The number of nitrogens with zero attached hydrogens (tertiary/aromatic N) is 1. The number of carbonyl (C=O) groups is 2. The van der Waals surface area contributed by atoms with E-state index in [0.29, 0.717) is 39.1 Å². The lowest BCUT2D eigenvalue weighted by atomic mass is 9.84. The van der Waals surface area contributed by atoms with Gasteiger partial charge in [0.25, 0.3) is 5.91 Å². The highest BCUT2D eigenvalue weighted by molar-refractivity contribution is 5.99. The van der Waals surface area contributed by atoms with Gasteiger partial charge in [-0.1, -0.05) is 30.3 Å². The van der Waals surface area contributed by atoms with Crippen molar-refractivity contribution in [3.63, 3.8) is 0 Å². The van der Waals surface area contributed by atoms with Gasteiger partial charge in [0.15, 0.2) is 0 Å². The van der Waals surface area contributed by atoms with E-state index in [0.717, 1.165) is 22.4 Å². The Balaban J connectivity index is 1.45. The van der Waals surface area contributed by atoms with Gasteiger partial charge >= 0.3 is 0 Å². The third-order valence-electron chi connectivity index (χ3n) is 5.96. The molecule has 0 saturated carbocycles. The van der Waals surface area contributed by atoms with E-state index in [2.05, 4.69) is 5.32 Å². The van der Waals surface area contributed by atoms with Gasteiger partial charge in [-0.25, -0.2) is 0 Å². The number of fused-ring (bicyclic) bond motifs is 1. The molecule has 0 aliphatic carbocycles. The lowest BCUT2D eigenvalue weighted by Crippen LogP contribution is -2.54. The van der Waals surface area contributed by atoms with Crippen LogP contribution in [-0.4, -0.2) is 42.6 Å². The average Bonchev–Trinajstić information content (AvgIpc) is 3.11. The third-order valence-corrected chi connectivity index (χ3v) is 5.96. The summed E-state index contributed by atoms with van der Waals surface area (Å²) < 4.78 is 10.7. The van der Waals surface area contributed by atoms with E-state index in [-0.39, 0.29) is 18.2 Å². The summed E-state index contributed by atoms with van der Waals surface area (Å²) >= 11 is 0. The number of carbonyl (C=O) groups excluding carboxylic acids is 2. The zero-order chi connectivity index (χ0) is 20.3. The number of methoxy groups -OCH3 is 1. The molecule has 6 nitrogen and oxygen atoms in total. The quantitative estimate of drug-likeness (QED) is 0.818. The van der Waals surface area contributed by atoms with Crippen molar-refractivity contribution in [2.45, 2.75) is 37.9 Å². The Labute approximate surface area is 170 Å². The molecule has 2 amide bonds. The summed E-state index contributed by atoms with van der Waals surface area (Å²) in [7, 11) is 1.63. The van der Waals surface area contributed by atoms with Crippen molar-refractivity contribution in [3.05, 3.63) is 65.2 Å². The molecule has 2 aromatic rings. The molecular formula is C23H26N2O4. The van der Waals surface area contributed by atoms with Crippen LogP contribution in [0.3, 0.4) is 0 Å². The molecule has 1 saturated heterocycles. The van der Waals surface area contributed by atoms with Gasteiger partial charge in [-0.05, 0) is 42.2 Å². The lowest BCUT2D eigenvalue weighted by Gasteiger charge is -2.44. The molecule has 0 atom stereocenters. The summed E-state index contributed by atoms with van der Waals surface area (Å²) in [5.41, 5.74) is 2.28. The zero-order valence-corrected chi connectivity index (χ0v) is 16.6. The predicted octanol–water partition coefficient (Wildman–Crippen LogP) is 2.91. The fourth-order valence-corrected chi connectivity index (χ4v) is 4.24. The summed E-state index contributed by atoms with van der Waals surface area (Å²) in [5.74, 6) is 0.755. The van der Waals surface area contributed by atoms with Crippen LogP contribution in [0.25, 0.3) is 0 Å². The minimum atomic E-state index is -0.502. The Morgan fingerprint density at radius 2 is 1.86 bits per heavy atom. The molecule has 2 heterocycles. The van der Waals surface area contributed by atoms with Crippen molar-refractivity contribution in [2.24, 2.45) is 0 Å². The number of rotatable bonds is 6. The second-order valence-corrected chi connectivity index (χ2v) is 7.69. The molecule has 152 valence electrons. The zero-order valence-electron chi connectivity index (χ0n) is 16.6. The minimum Gasteiger partial charge on any atom is -0.497 e. The monoisotopic (exact) mass is 394 g/mol. The number of hydrogen-bond acceptors (Lipinski definition) is 4. The van der Waals surface area contributed by atoms with Gasteiger partial charge in [0.1, 0.15) is 5.75 Å². The molecule has 0 aromatic heterocycles. The van der Waals surface area contributed by atoms with Crippen LogP contribution in [0.1, 0.15) is 40.7 Å². The van der Waals surface area contributed by atoms with Crippen LogP contribution in [-0.2, 0) is 22.6 Å². The number of ether oxygens (including phenoxy) is 2. The molecule has 0 bridgehead atoms. The second-order valence-electron chi connectivity index (χ2n) is 7.69. The first-order chi connectivity index (χ1) is 14.1. The molecule has 2 aliphatic heterocycles. The lowest BCUT2D eigenvalue weighted by molar-refractivity contribution is -0.126. The summed E-state index contributed by atoms with van der Waals surface area (Å²) in [6.07, 6.45) is 1.62. The van der Waals surface area contributed by atoms with E-state index in [1.54, 1.807) is 7.11 Å². The molecule has 0 spiro atoms. The highest BCUT2D eigenvalue weighted by Gasteiger charge is 2.45. The standard InChI is InChI=1S/C23H26N2O4/c1-28-19-8-6-17(7-9-19)15-24-21(26)14-23(10-12-29-13-11-23)25-16-18-4-2-3-5-20(18)22(25)27/h2-9H,10-16H2,1H3,(H,24,26). The molecule has 0 radical (unpaired) electrons. The minimum absolute atomic E-state index is 0.0189. The first kappa shape index (κ1) is 19.5. The maximum atomic E-state index is 13.1. The first-order valence-electron chi connectivity index (χ1n) is 9.99. The van der Waals surface area contributed by atoms with Crippen molar-refractivity contribution in [2.75, 3.05) is 20.3 Å². The van der Waals surface area contributed by atoms with E-state index in [4.69, 9.17) is 9.47 Å². The Kier molecular flexibility index (Phi) is 5.53. The fourth-order valence-electron chi connectivity index (χ4n) is 4.24. The number of amides is 2. The summed E-state index contributed by atoms with van der Waals surface area (Å²) in [5, 5.41) is 3.01. The molecule has 1 fully saturated rings. The SMILES string of the molecule is COc1ccc(CNC(=O)CC2(N3Cc4ccccc4C3=O)CCOCC2)cc1. The Hall–Kier alpha value is -2.86. The number of nitrogens with one attached hydrogen (secondary N) is 1. The second kappa shape index (κ2) is 8.25. The normalized spacial score (nSPS) is 17.7. The van der Waals surface area contributed by atoms with E-state index in [1.165, 1.54) is 0 Å². The van der Waals surface area contributed by atoms with Crippen LogP contribution in [0.15, 0.2) is 48.5 Å². The molecule has 2 aliphatic rings. The summed E-state index contributed by atoms with van der Waals surface area (Å²) in [4.78, 5) is 27.8. The molecule has 6 heteroatoms. The van der Waals surface area contributed by atoms with E-state index in [9.17, 15) is 9.59 Å². The largest absolute Gasteiger partial charge is 0.497 e. The Morgan fingerprint density at radius 1 is 1.14 bits per heavy atom. The maximum absolute atomic E-state index is 13.1. The highest BCUT2D eigenvalue weighted by atomic mass is 16.5. The van der Waals surface area contributed by atoms with Crippen molar-refractivity contribution < 1.29 is 19.1 Å². The van der Waals surface area contributed by atoms with Gasteiger partial charge in [0.2, 0.25) is 5.91 Å². The van der Waals surface area contributed by atoms with Crippen LogP contribution in [0, 0.1) is 0 Å². The van der Waals surface area contributed by atoms with Gasteiger partial charge in [-0.15, -0.1) is 0 Å². The van der Waals surface area contributed by atoms with Gasteiger partial charge in [0, 0.05) is 31.9 Å². The molecule has 1 N–H and O–H groups in total. The molecule has 2 aromatic carbocycles. The van der Waals surface area contributed by atoms with Gasteiger partial charge in [-0.2, -0.15) is 0 Å². The molecule has 4 rings (SSSR count). The Morgan fingerprint density at radius 3 is 2.55 bits per heavy atom. The Bertz CT molecular complexity index is 888. The van der Waals surface area contributed by atoms with Crippen LogP contribution in [0.4, 0.5) is 0 Å². The van der Waals surface area contributed by atoms with Crippen molar-refractivity contribution in [3.8, 4) is 5.75 Å². The summed E-state index contributed by atoms with van der Waals surface area (Å²) in [6, 6.07) is 15.3. The van der Waals surface area contributed by atoms with E-state index < -0.39 is 5.54 Å². The highest BCUT2D eigenvalue weighted by Crippen LogP contribution is 2.38. The molecule has 29 heavy (non-hydrogen) atoms. The molecule has 0 unspecified atom stereocenters. The van der Waals surface area contributed by atoms with Crippen LogP contribution >= 0.6 is 0 Å². The average molecular weight is 394 g/mol. The van der Waals surface area contributed by atoms with E-state index in [1.807, 2.05) is 53.4 Å². The smallest absolute Gasteiger partial charge is 0.254 e. The van der Waals surface area contributed by atoms with Crippen LogP contribution in [0.2, 0.25) is 0 Å². The maximum Gasteiger partial charge on any atom is 0.254 e. The van der Waals surface area contributed by atoms with E-state index >= 15 is 0 Å². The molecular weight excluding hydrogens is 368 g/mol. The topological polar surface area (TPSA) is 67.9 Å². The van der Waals surface area contributed by atoms with Crippen molar-refractivity contribution in [1.82, 2.24) is 10.2 Å².